The van der Waals surface area contributed by atoms with Crippen LogP contribution >= 0.6 is 0 Å². The van der Waals surface area contributed by atoms with Crippen LogP contribution in [-0.2, 0) is 14.4 Å². The van der Waals surface area contributed by atoms with E-state index in [0.29, 0.717) is 25.9 Å². The predicted molar refractivity (Wildman–Crippen MR) is 54.8 cm³/mol. The lowest BCUT2D eigenvalue weighted by molar-refractivity contribution is -0.134. The van der Waals surface area contributed by atoms with Crippen LogP contribution < -0.4 is 0 Å². The fourth-order valence-electron chi connectivity index (χ4n) is 1.03. The number of carbonyl (C=O) groups excluding carboxylic acids is 3. The fourth-order valence-corrected chi connectivity index (χ4v) is 1.03. The van der Waals surface area contributed by atoms with Gasteiger partial charge in [0.1, 0.15) is 0 Å². The quantitative estimate of drug-likeness (QED) is 0.194. The lowest BCUT2D eigenvalue weighted by Gasteiger charge is -2.12. The van der Waals surface area contributed by atoms with E-state index in [1.165, 1.54) is 6.08 Å². The van der Waals surface area contributed by atoms with Crippen molar-refractivity contribution < 1.29 is 14.4 Å². The minimum absolute atomic E-state index is 0.374. The van der Waals surface area contributed by atoms with Gasteiger partial charge >= 0.3 is 0 Å². The largest absolute Gasteiger partial charge is 0.282 e. The van der Waals surface area contributed by atoms with Crippen LogP contribution in [0.5, 0.6) is 0 Å². The Hall–Kier alpha value is -1.74. The third kappa shape index (κ3) is 6.35. The van der Waals surface area contributed by atoms with Gasteiger partial charge in [0.05, 0.1) is 6.54 Å². The molecule has 5 heteroatoms. The maximum atomic E-state index is 11.0. The van der Waals surface area contributed by atoms with Gasteiger partial charge in [0.15, 0.2) is 0 Å². The van der Waals surface area contributed by atoms with E-state index in [4.69, 9.17) is 0 Å². The second-order valence-corrected chi connectivity index (χ2v) is 2.87. The zero-order valence-corrected chi connectivity index (χ0v) is 8.52. The molecule has 0 radical (unpaired) electrons. The van der Waals surface area contributed by atoms with Gasteiger partial charge in [-0.2, -0.15) is 0 Å². The van der Waals surface area contributed by atoms with E-state index in [9.17, 15) is 14.4 Å². The normalized spacial score (nSPS) is 8.80. The molecule has 0 saturated heterocycles. The highest BCUT2D eigenvalue weighted by molar-refractivity contribution is 5.94. The molecule has 0 N–H and O–H groups in total. The van der Waals surface area contributed by atoms with Crippen LogP contribution in [0.3, 0.4) is 0 Å². The van der Waals surface area contributed by atoms with Crippen LogP contribution in [0.2, 0.25) is 0 Å². The average Bonchev–Trinajstić information content (AvgIpc) is 2.27. The third-order valence-electron chi connectivity index (χ3n) is 1.82. The van der Waals surface area contributed by atoms with Gasteiger partial charge in [0.25, 0.3) is 5.91 Å². The molecule has 0 spiro atoms. The smallest absolute Gasteiger partial charge is 0.252 e. The number of nitrogens with zero attached hydrogens (tertiary/aromatic N) is 2. The maximum Gasteiger partial charge on any atom is 0.252 e. The van der Waals surface area contributed by atoms with Crippen molar-refractivity contribution >= 4 is 18.4 Å². The van der Waals surface area contributed by atoms with E-state index in [0.717, 1.165) is 23.8 Å². The Balaban J connectivity index is 3.63. The molecule has 0 aromatic rings. The van der Waals surface area contributed by atoms with E-state index in [1.807, 2.05) is 0 Å². The summed E-state index contributed by atoms with van der Waals surface area (Å²) >= 11 is 0. The van der Waals surface area contributed by atoms with Crippen LogP contribution in [0.15, 0.2) is 17.6 Å². The summed E-state index contributed by atoms with van der Waals surface area (Å²) in [5, 5.41) is 0. The molecular formula is C10H14N2O3. The average molecular weight is 210 g/mol. The number of amides is 2. The molecule has 0 aliphatic heterocycles. The third-order valence-corrected chi connectivity index (χ3v) is 1.82. The molecular weight excluding hydrogens is 196 g/mol. The summed E-state index contributed by atoms with van der Waals surface area (Å²) in [6, 6.07) is 0. The molecule has 0 unspecified atom stereocenters. The summed E-state index contributed by atoms with van der Waals surface area (Å²) in [5.41, 5.74) is 0. The molecule has 0 rings (SSSR count). The predicted octanol–water partition coefficient (Wildman–Crippen LogP) is 0.663. The molecule has 0 fully saturated rings. The van der Waals surface area contributed by atoms with E-state index in [1.54, 1.807) is 0 Å². The number of hydrogen-bond acceptors (Lipinski definition) is 4. The molecule has 0 atom stereocenters. The Morgan fingerprint density at radius 3 is 2.67 bits per heavy atom. The molecule has 15 heavy (non-hydrogen) atoms. The van der Waals surface area contributed by atoms with Crippen molar-refractivity contribution in [3.8, 4) is 0 Å². The van der Waals surface area contributed by atoms with Crippen molar-refractivity contribution in [3.05, 3.63) is 12.7 Å². The molecule has 0 aromatic carbocycles. The summed E-state index contributed by atoms with van der Waals surface area (Å²) in [4.78, 5) is 35.6. The Morgan fingerprint density at radius 1 is 1.40 bits per heavy atom. The molecule has 0 saturated carbocycles. The van der Waals surface area contributed by atoms with Crippen molar-refractivity contribution in [1.82, 2.24) is 4.90 Å². The van der Waals surface area contributed by atoms with Gasteiger partial charge in [-0.25, -0.2) is 9.79 Å². The first-order valence-electron chi connectivity index (χ1n) is 4.68. The van der Waals surface area contributed by atoms with E-state index < -0.39 is 5.91 Å². The van der Waals surface area contributed by atoms with Gasteiger partial charge in [0, 0.05) is 6.54 Å². The molecule has 2 amide bonds. The highest BCUT2D eigenvalue weighted by Crippen LogP contribution is 1.98. The van der Waals surface area contributed by atoms with Gasteiger partial charge in [-0.05, 0) is 25.3 Å². The van der Waals surface area contributed by atoms with Gasteiger partial charge in [0.2, 0.25) is 12.5 Å². The summed E-state index contributed by atoms with van der Waals surface area (Å²) in [6.07, 6.45) is 5.30. The standard InChI is InChI=1S/C10H14N2O3/c1-2-10(15)12(9-14)7-5-3-4-6-11-8-13/h2,9H,1,3-7H2. The van der Waals surface area contributed by atoms with Crippen molar-refractivity contribution in [2.45, 2.75) is 19.3 Å². The van der Waals surface area contributed by atoms with Gasteiger partial charge in [-0.1, -0.05) is 6.58 Å². The summed E-state index contributed by atoms with van der Waals surface area (Å²) in [5.74, 6) is -0.393. The number of carbonyl (C=O) groups is 2. The Morgan fingerprint density at radius 2 is 2.13 bits per heavy atom. The van der Waals surface area contributed by atoms with Crippen LogP contribution in [0.1, 0.15) is 19.3 Å². The van der Waals surface area contributed by atoms with E-state index in [-0.39, 0.29) is 0 Å². The lowest BCUT2D eigenvalue weighted by Crippen LogP contribution is -2.28. The second kappa shape index (κ2) is 8.84. The minimum atomic E-state index is -0.393. The van der Waals surface area contributed by atoms with Gasteiger partial charge < -0.3 is 0 Å². The van der Waals surface area contributed by atoms with Gasteiger partial charge in [-0.3, -0.25) is 14.5 Å². The molecule has 0 aliphatic carbocycles. The number of imide groups is 1. The number of rotatable bonds is 8. The molecule has 0 aromatic heterocycles. The SMILES string of the molecule is C=CC(=O)N(C=O)CCCCCN=C=O. The monoisotopic (exact) mass is 210 g/mol. The fraction of sp³-hybridized carbons (Fsp3) is 0.500. The highest BCUT2D eigenvalue weighted by atomic mass is 16.2. The molecule has 0 bridgehead atoms. The van der Waals surface area contributed by atoms with Crippen molar-refractivity contribution in [2.24, 2.45) is 4.99 Å². The van der Waals surface area contributed by atoms with Crippen LogP contribution in [0.25, 0.3) is 0 Å². The van der Waals surface area contributed by atoms with Crippen molar-refractivity contribution in [3.63, 3.8) is 0 Å². The van der Waals surface area contributed by atoms with Crippen molar-refractivity contribution in [2.75, 3.05) is 13.1 Å². The Bertz CT molecular complexity index is 270. The molecule has 5 nitrogen and oxygen atoms in total. The first-order valence-corrected chi connectivity index (χ1v) is 4.68. The first kappa shape index (κ1) is 13.3. The lowest BCUT2D eigenvalue weighted by atomic mass is 10.2. The van der Waals surface area contributed by atoms with Crippen LogP contribution in [0.4, 0.5) is 0 Å². The summed E-state index contributed by atoms with van der Waals surface area (Å²) in [6.45, 7) is 4.11. The number of hydrogen-bond donors (Lipinski definition) is 0. The second-order valence-electron chi connectivity index (χ2n) is 2.87. The zero-order valence-electron chi connectivity index (χ0n) is 8.52. The highest BCUT2D eigenvalue weighted by Gasteiger charge is 2.06. The van der Waals surface area contributed by atoms with E-state index in [2.05, 4.69) is 11.6 Å². The van der Waals surface area contributed by atoms with Crippen LogP contribution in [-0.4, -0.2) is 36.4 Å². The molecule has 0 heterocycles. The Kier molecular flexibility index (Phi) is 7.82. The van der Waals surface area contributed by atoms with Gasteiger partial charge in [-0.15, -0.1) is 0 Å². The topological polar surface area (TPSA) is 66.8 Å². The van der Waals surface area contributed by atoms with E-state index >= 15 is 0 Å². The maximum absolute atomic E-state index is 11.0. The number of isocyanates is 1. The summed E-state index contributed by atoms with van der Waals surface area (Å²) < 4.78 is 0. The molecule has 82 valence electrons. The minimum Gasteiger partial charge on any atom is -0.282 e. The number of unbranched alkanes of at least 4 members (excludes halogenated alkanes) is 2. The first-order chi connectivity index (χ1) is 7.26. The zero-order chi connectivity index (χ0) is 11.5. The number of aliphatic imine (C=N–C) groups is 1. The summed E-state index contributed by atoms with van der Waals surface area (Å²) in [7, 11) is 0. The van der Waals surface area contributed by atoms with Crippen LogP contribution in [0, 0.1) is 0 Å². The Labute approximate surface area is 88.5 Å². The molecule has 0 aliphatic rings. The van der Waals surface area contributed by atoms with Crippen molar-refractivity contribution in [1.29, 1.82) is 0 Å².